The second-order valence-electron chi connectivity index (χ2n) is 4.77. The third-order valence-electron chi connectivity index (χ3n) is 3.31. The zero-order chi connectivity index (χ0) is 14.1. The van der Waals surface area contributed by atoms with Gasteiger partial charge in [0.05, 0.1) is 16.3 Å². The zero-order valence-electron chi connectivity index (χ0n) is 11.0. The van der Waals surface area contributed by atoms with E-state index in [9.17, 15) is 9.59 Å². The fourth-order valence-electron chi connectivity index (χ4n) is 2.42. The van der Waals surface area contributed by atoms with Crippen molar-refractivity contribution in [3.05, 3.63) is 46.7 Å². The lowest BCUT2D eigenvalue weighted by molar-refractivity contribution is -0.116. The maximum atomic E-state index is 12.7. The molecule has 0 saturated carbocycles. The van der Waals surface area contributed by atoms with E-state index >= 15 is 0 Å². The summed E-state index contributed by atoms with van der Waals surface area (Å²) in [7, 11) is 0. The fraction of sp³-hybridized carbons (Fsp3) is 0.200. The molecule has 5 heteroatoms. The van der Waals surface area contributed by atoms with E-state index < -0.39 is 0 Å². The molecule has 1 N–H and O–H groups in total. The average Bonchev–Trinajstić information content (AvgIpc) is 2.90. The van der Waals surface area contributed by atoms with Crippen LogP contribution < -0.4 is 10.2 Å². The predicted molar refractivity (Wildman–Crippen MR) is 80.3 cm³/mol. The van der Waals surface area contributed by atoms with Crippen LogP contribution in [-0.2, 0) is 4.79 Å². The van der Waals surface area contributed by atoms with Crippen LogP contribution in [0.2, 0.25) is 0 Å². The van der Waals surface area contributed by atoms with Crippen LogP contribution >= 0.6 is 11.3 Å². The van der Waals surface area contributed by atoms with Crippen LogP contribution in [0.1, 0.15) is 23.0 Å². The average molecular weight is 286 g/mol. The molecule has 3 rings (SSSR count). The summed E-state index contributed by atoms with van der Waals surface area (Å²) in [4.78, 5) is 26.9. The number of nitrogens with zero attached hydrogens (tertiary/aromatic N) is 1. The summed E-state index contributed by atoms with van der Waals surface area (Å²) in [6, 6.07) is 10.9. The quantitative estimate of drug-likeness (QED) is 0.875. The largest absolute Gasteiger partial charge is 0.324 e. The maximum Gasteiger partial charge on any atom is 0.268 e. The van der Waals surface area contributed by atoms with Gasteiger partial charge in [-0.25, -0.2) is 0 Å². The summed E-state index contributed by atoms with van der Waals surface area (Å²) in [5.41, 5.74) is 1.44. The second kappa shape index (κ2) is 5.09. The molecule has 0 saturated heterocycles. The minimum Gasteiger partial charge on any atom is -0.324 e. The summed E-state index contributed by atoms with van der Waals surface area (Å²) < 4.78 is 0. The molecule has 0 unspecified atom stereocenters. The molecular weight excluding hydrogens is 272 g/mol. The van der Waals surface area contributed by atoms with Crippen LogP contribution in [-0.4, -0.2) is 17.9 Å². The lowest BCUT2D eigenvalue weighted by Gasteiger charge is -2.27. The van der Waals surface area contributed by atoms with Gasteiger partial charge in [-0.2, -0.15) is 0 Å². The van der Waals surface area contributed by atoms with Gasteiger partial charge in [-0.15, -0.1) is 11.3 Å². The molecule has 20 heavy (non-hydrogen) atoms. The number of nitrogens with one attached hydrogen (secondary N) is 1. The predicted octanol–water partition coefficient (Wildman–Crippen LogP) is 3.13. The van der Waals surface area contributed by atoms with Crippen LogP contribution in [0.3, 0.4) is 0 Å². The van der Waals surface area contributed by atoms with Crippen LogP contribution in [0.5, 0.6) is 0 Å². The van der Waals surface area contributed by atoms with E-state index in [1.807, 2.05) is 48.7 Å². The molecule has 1 aliphatic rings. The Bertz CT molecular complexity index is 652. The van der Waals surface area contributed by atoms with Gasteiger partial charge < -0.3 is 10.2 Å². The Morgan fingerprint density at radius 3 is 2.85 bits per heavy atom. The highest BCUT2D eigenvalue weighted by Crippen LogP contribution is 2.32. The summed E-state index contributed by atoms with van der Waals surface area (Å²) in [5, 5.41) is 4.73. The fourth-order valence-corrected chi connectivity index (χ4v) is 3.08. The van der Waals surface area contributed by atoms with Crippen molar-refractivity contribution in [1.82, 2.24) is 0 Å². The molecule has 1 aromatic carbocycles. The Kier molecular flexibility index (Phi) is 3.28. The molecule has 2 aromatic rings. The molecule has 1 atom stereocenters. The first-order valence-corrected chi connectivity index (χ1v) is 7.30. The van der Waals surface area contributed by atoms with Crippen molar-refractivity contribution in [3.63, 3.8) is 0 Å². The number of amides is 2. The number of para-hydroxylation sites is 2. The van der Waals surface area contributed by atoms with Gasteiger partial charge in [0.2, 0.25) is 5.91 Å². The molecular formula is C15H14N2O2S. The zero-order valence-corrected chi connectivity index (χ0v) is 11.8. The minimum atomic E-state index is -0.173. The molecule has 1 aliphatic heterocycles. The number of anilines is 2. The van der Waals surface area contributed by atoms with Gasteiger partial charge in [0.1, 0.15) is 0 Å². The van der Waals surface area contributed by atoms with Gasteiger partial charge in [0, 0.05) is 12.5 Å². The van der Waals surface area contributed by atoms with Gasteiger partial charge in [-0.3, -0.25) is 9.59 Å². The van der Waals surface area contributed by atoms with Crippen LogP contribution in [0.25, 0.3) is 0 Å². The molecule has 2 amide bonds. The summed E-state index contributed by atoms with van der Waals surface area (Å²) in [6.07, 6.45) is 0.297. The number of hydrogen-bond donors (Lipinski definition) is 1. The third-order valence-corrected chi connectivity index (χ3v) is 4.17. The number of benzene rings is 1. The maximum absolute atomic E-state index is 12.7. The van der Waals surface area contributed by atoms with E-state index in [2.05, 4.69) is 5.32 Å². The Morgan fingerprint density at radius 2 is 2.10 bits per heavy atom. The molecule has 0 spiro atoms. The lowest BCUT2D eigenvalue weighted by Crippen LogP contribution is -2.38. The SMILES string of the molecule is C[C@H]1CC(=O)Nc2ccccc2N1C(=O)c1cccs1. The topological polar surface area (TPSA) is 49.4 Å². The Morgan fingerprint density at radius 1 is 1.30 bits per heavy atom. The number of thiophene rings is 1. The van der Waals surface area contributed by atoms with E-state index in [0.717, 1.165) is 5.69 Å². The minimum absolute atomic E-state index is 0.0588. The summed E-state index contributed by atoms with van der Waals surface area (Å²) in [6.45, 7) is 1.90. The molecule has 0 radical (unpaired) electrons. The standard InChI is InChI=1S/C15H14N2O2S/c1-10-9-14(18)16-11-5-2-3-6-12(11)17(10)15(19)13-7-4-8-20-13/h2-8,10H,9H2,1H3,(H,16,18)/t10-/m0/s1. The number of hydrogen-bond acceptors (Lipinski definition) is 3. The Balaban J connectivity index is 2.08. The van der Waals surface area contributed by atoms with Crippen LogP contribution in [0.4, 0.5) is 11.4 Å². The summed E-state index contributed by atoms with van der Waals surface area (Å²) in [5.74, 6) is -0.122. The number of carbonyl (C=O) groups is 2. The highest BCUT2D eigenvalue weighted by Gasteiger charge is 2.30. The smallest absolute Gasteiger partial charge is 0.268 e. The van der Waals surface area contributed by atoms with Gasteiger partial charge in [-0.1, -0.05) is 18.2 Å². The molecule has 4 nitrogen and oxygen atoms in total. The molecule has 2 heterocycles. The molecule has 0 fully saturated rings. The van der Waals surface area contributed by atoms with Crippen LogP contribution in [0, 0.1) is 0 Å². The molecule has 0 aliphatic carbocycles. The monoisotopic (exact) mass is 286 g/mol. The van der Waals surface area contributed by atoms with E-state index in [0.29, 0.717) is 17.0 Å². The van der Waals surface area contributed by atoms with E-state index in [4.69, 9.17) is 0 Å². The lowest BCUT2D eigenvalue weighted by atomic mass is 10.1. The van der Waals surface area contributed by atoms with Gasteiger partial charge in [0.15, 0.2) is 0 Å². The number of rotatable bonds is 1. The van der Waals surface area contributed by atoms with Gasteiger partial charge in [-0.05, 0) is 30.5 Å². The van der Waals surface area contributed by atoms with Crippen molar-refractivity contribution in [3.8, 4) is 0 Å². The second-order valence-corrected chi connectivity index (χ2v) is 5.72. The molecule has 1 aromatic heterocycles. The number of carbonyl (C=O) groups excluding carboxylic acids is 2. The van der Waals surface area contributed by atoms with Gasteiger partial charge >= 0.3 is 0 Å². The normalized spacial score (nSPS) is 18.1. The summed E-state index contributed by atoms with van der Waals surface area (Å²) >= 11 is 1.41. The first-order chi connectivity index (χ1) is 9.66. The Hall–Kier alpha value is -2.14. The highest BCUT2D eigenvalue weighted by atomic mass is 32.1. The van der Waals surface area contributed by atoms with E-state index in [-0.39, 0.29) is 17.9 Å². The van der Waals surface area contributed by atoms with Crippen molar-refractivity contribution in [2.24, 2.45) is 0 Å². The van der Waals surface area contributed by atoms with E-state index in [1.54, 1.807) is 4.90 Å². The number of fused-ring (bicyclic) bond motifs is 1. The van der Waals surface area contributed by atoms with Gasteiger partial charge in [0.25, 0.3) is 5.91 Å². The third kappa shape index (κ3) is 2.20. The van der Waals surface area contributed by atoms with Crippen molar-refractivity contribution in [2.75, 3.05) is 10.2 Å². The Labute approximate surface area is 121 Å². The molecule has 102 valence electrons. The van der Waals surface area contributed by atoms with Crippen molar-refractivity contribution >= 4 is 34.5 Å². The van der Waals surface area contributed by atoms with Crippen molar-refractivity contribution in [2.45, 2.75) is 19.4 Å². The first kappa shape index (κ1) is 12.9. The highest BCUT2D eigenvalue weighted by molar-refractivity contribution is 7.12. The van der Waals surface area contributed by atoms with Crippen molar-refractivity contribution < 1.29 is 9.59 Å². The van der Waals surface area contributed by atoms with Crippen LogP contribution in [0.15, 0.2) is 41.8 Å². The van der Waals surface area contributed by atoms with Crippen molar-refractivity contribution in [1.29, 1.82) is 0 Å². The first-order valence-electron chi connectivity index (χ1n) is 6.43. The van der Waals surface area contributed by atoms with E-state index in [1.165, 1.54) is 11.3 Å². The molecule has 0 bridgehead atoms.